The lowest BCUT2D eigenvalue weighted by Crippen LogP contribution is -2.22. The van der Waals surface area contributed by atoms with E-state index in [1.54, 1.807) is 0 Å². The van der Waals surface area contributed by atoms with Gasteiger partial charge in [-0.25, -0.2) is 9.78 Å². The van der Waals surface area contributed by atoms with Crippen LogP contribution in [-0.2, 0) is 6.18 Å². The Balaban J connectivity index is 3.04. The molecule has 0 saturated heterocycles. The highest BCUT2D eigenvalue weighted by Gasteiger charge is 2.32. The minimum atomic E-state index is -4.57. The first-order valence-electron chi connectivity index (χ1n) is 3.97. The molecule has 1 aromatic rings. The number of aromatic nitrogens is 1. The predicted octanol–water partition coefficient (Wildman–Crippen LogP) is 2.47. The van der Waals surface area contributed by atoms with Gasteiger partial charge in [0, 0.05) is 13.2 Å². The van der Waals surface area contributed by atoms with Gasteiger partial charge in [-0.2, -0.15) is 13.2 Å². The molecule has 1 N–H and O–H groups in total. The van der Waals surface area contributed by atoms with Crippen molar-refractivity contribution < 1.29 is 22.7 Å². The molecular weight excluding hydrogens is 249 g/mol. The fourth-order valence-electron chi connectivity index (χ4n) is 0.805. The third-order valence-corrected chi connectivity index (χ3v) is 1.82. The number of carbonyl (C=O) groups excluding carboxylic acids is 1. The third kappa shape index (κ3) is 2.99. The average Bonchev–Trinajstić information content (AvgIpc) is 2.19. The summed E-state index contributed by atoms with van der Waals surface area (Å²) in [6.45, 7) is 0. The van der Waals surface area contributed by atoms with Gasteiger partial charge in [0.05, 0.1) is 5.56 Å². The number of hydrogen-bond acceptors (Lipinski definition) is 3. The van der Waals surface area contributed by atoms with Gasteiger partial charge in [-0.3, -0.25) is 0 Å². The second-order valence-corrected chi connectivity index (χ2v) is 3.01. The number of ether oxygens (including phenoxy) is 1. The molecule has 0 saturated carbocycles. The van der Waals surface area contributed by atoms with E-state index in [-0.39, 0.29) is 5.15 Å². The van der Waals surface area contributed by atoms with Crippen molar-refractivity contribution in [3.63, 3.8) is 0 Å². The number of amides is 1. The Hall–Kier alpha value is -1.50. The molecule has 0 unspecified atom stereocenters. The van der Waals surface area contributed by atoms with Crippen molar-refractivity contribution in [2.45, 2.75) is 6.18 Å². The van der Waals surface area contributed by atoms with Gasteiger partial charge >= 0.3 is 12.3 Å². The maximum absolute atomic E-state index is 12.3. The largest absolute Gasteiger partial charge is 0.418 e. The van der Waals surface area contributed by atoms with Crippen molar-refractivity contribution in [2.24, 2.45) is 0 Å². The highest BCUT2D eigenvalue weighted by molar-refractivity contribution is 6.30. The number of halogens is 4. The summed E-state index contributed by atoms with van der Waals surface area (Å²) in [5.41, 5.74) is -1.05. The quantitative estimate of drug-likeness (QED) is 0.783. The molecule has 0 bridgehead atoms. The maximum atomic E-state index is 12.3. The molecule has 0 aliphatic rings. The van der Waals surface area contributed by atoms with E-state index in [0.29, 0.717) is 12.3 Å². The van der Waals surface area contributed by atoms with Crippen molar-refractivity contribution in [2.75, 3.05) is 7.05 Å². The van der Waals surface area contributed by atoms with E-state index >= 15 is 0 Å². The van der Waals surface area contributed by atoms with E-state index in [4.69, 9.17) is 11.6 Å². The first kappa shape index (κ1) is 12.6. The lowest BCUT2D eigenvalue weighted by Gasteiger charge is -2.09. The van der Waals surface area contributed by atoms with Crippen LogP contribution in [0.5, 0.6) is 5.75 Å². The van der Waals surface area contributed by atoms with Gasteiger partial charge in [-0.1, -0.05) is 11.6 Å². The fourth-order valence-corrected chi connectivity index (χ4v) is 0.947. The van der Waals surface area contributed by atoms with Gasteiger partial charge in [-0.15, -0.1) is 0 Å². The van der Waals surface area contributed by atoms with Crippen molar-refractivity contribution in [1.82, 2.24) is 10.3 Å². The smallest absolute Gasteiger partial charge is 0.407 e. The van der Waals surface area contributed by atoms with Crippen molar-refractivity contribution in [1.29, 1.82) is 0 Å². The molecule has 1 amide bonds. The summed E-state index contributed by atoms with van der Waals surface area (Å²) < 4.78 is 41.3. The molecule has 1 aromatic heterocycles. The van der Waals surface area contributed by atoms with Crippen LogP contribution in [0.1, 0.15) is 5.56 Å². The number of carbonyl (C=O) groups is 1. The molecule has 0 radical (unpaired) electrons. The van der Waals surface area contributed by atoms with Gasteiger partial charge in [-0.05, 0) is 6.07 Å². The molecule has 0 aromatic carbocycles. The zero-order valence-corrected chi connectivity index (χ0v) is 8.69. The number of hydrogen-bond donors (Lipinski definition) is 1. The fraction of sp³-hybridized carbons (Fsp3) is 0.250. The first-order valence-corrected chi connectivity index (χ1v) is 4.34. The van der Waals surface area contributed by atoms with Gasteiger partial charge in [0.1, 0.15) is 0 Å². The molecule has 1 heterocycles. The van der Waals surface area contributed by atoms with Crippen molar-refractivity contribution in [3.8, 4) is 5.75 Å². The number of alkyl halides is 3. The number of nitrogens with zero attached hydrogens (tertiary/aromatic N) is 1. The first-order chi connectivity index (χ1) is 7.34. The molecule has 0 aliphatic carbocycles. The van der Waals surface area contributed by atoms with Crippen LogP contribution in [0.2, 0.25) is 5.15 Å². The maximum Gasteiger partial charge on any atom is 0.418 e. The van der Waals surface area contributed by atoms with E-state index < -0.39 is 23.6 Å². The Kier molecular flexibility index (Phi) is 3.58. The number of pyridine rings is 1. The lowest BCUT2D eigenvalue weighted by atomic mass is 10.3. The van der Waals surface area contributed by atoms with Gasteiger partial charge in [0.15, 0.2) is 10.9 Å². The molecule has 16 heavy (non-hydrogen) atoms. The number of rotatable bonds is 1. The Bertz CT molecular complexity index is 409. The summed E-state index contributed by atoms with van der Waals surface area (Å²) in [5, 5.41) is 1.75. The normalized spacial score (nSPS) is 11.1. The summed E-state index contributed by atoms with van der Waals surface area (Å²) in [6, 6.07) is 0.602. The monoisotopic (exact) mass is 254 g/mol. The van der Waals surface area contributed by atoms with E-state index in [1.807, 2.05) is 0 Å². The molecule has 8 heteroatoms. The van der Waals surface area contributed by atoms with Crippen LogP contribution in [0.15, 0.2) is 12.3 Å². The summed E-state index contributed by atoms with van der Waals surface area (Å²) in [7, 11) is 1.26. The van der Waals surface area contributed by atoms with E-state index in [2.05, 4.69) is 15.0 Å². The zero-order valence-electron chi connectivity index (χ0n) is 7.93. The highest BCUT2D eigenvalue weighted by atomic mass is 35.5. The Labute approximate surface area is 93.4 Å². The van der Waals surface area contributed by atoms with Gasteiger partial charge < -0.3 is 10.1 Å². The van der Waals surface area contributed by atoms with Gasteiger partial charge in [0.25, 0.3) is 0 Å². The molecular formula is C8H6ClF3N2O2. The second kappa shape index (κ2) is 4.56. The standard InChI is InChI=1S/C8H6ClF3N2O2/c1-13-7(15)16-5-2-4(8(10,11)12)3-14-6(5)9/h2-3H,1H3,(H,13,15). The summed E-state index contributed by atoms with van der Waals surface area (Å²) >= 11 is 5.46. The van der Waals surface area contributed by atoms with Crippen molar-refractivity contribution in [3.05, 3.63) is 23.0 Å². The lowest BCUT2D eigenvalue weighted by molar-refractivity contribution is -0.137. The van der Waals surface area contributed by atoms with Crippen LogP contribution in [0.25, 0.3) is 0 Å². The second-order valence-electron chi connectivity index (χ2n) is 2.65. The minimum absolute atomic E-state index is 0.323. The van der Waals surface area contributed by atoms with Crippen LogP contribution in [-0.4, -0.2) is 18.1 Å². The van der Waals surface area contributed by atoms with E-state index in [9.17, 15) is 18.0 Å². The molecule has 4 nitrogen and oxygen atoms in total. The minimum Gasteiger partial charge on any atom is -0.407 e. The van der Waals surface area contributed by atoms with Crippen LogP contribution in [0, 0.1) is 0 Å². The zero-order chi connectivity index (χ0) is 12.3. The third-order valence-electron chi connectivity index (χ3n) is 1.54. The molecule has 0 atom stereocenters. The summed E-state index contributed by atoms with van der Waals surface area (Å²) in [6.07, 6.45) is -4.94. The summed E-state index contributed by atoms with van der Waals surface area (Å²) in [5.74, 6) is -0.448. The molecule has 0 fully saturated rings. The van der Waals surface area contributed by atoms with Crippen LogP contribution < -0.4 is 10.1 Å². The van der Waals surface area contributed by atoms with Crippen molar-refractivity contribution >= 4 is 17.7 Å². The SMILES string of the molecule is CNC(=O)Oc1cc(C(F)(F)F)cnc1Cl. The molecule has 0 spiro atoms. The van der Waals surface area contributed by atoms with Crippen LogP contribution in [0.3, 0.4) is 0 Å². The van der Waals surface area contributed by atoms with Gasteiger partial charge in [0.2, 0.25) is 0 Å². The Morgan fingerprint density at radius 2 is 2.19 bits per heavy atom. The Morgan fingerprint density at radius 3 is 2.69 bits per heavy atom. The highest BCUT2D eigenvalue weighted by Crippen LogP contribution is 2.33. The average molecular weight is 255 g/mol. The molecule has 0 aliphatic heterocycles. The van der Waals surface area contributed by atoms with Crippen LogP contribution >= 0.6 is 11.6 Å². The summed E-state index contributed by atoms with van der Waals surface area (Å²) in [4.78, 5) is 14.1. The van der Waals surface area contributed by atoms with E-state index in [0.717, 1.165) is 0 Å². The van der Waals surface area contributed by atoms with E-state index in [1.165, 1.54) is 7.05 Å². The topological polar surface area (TPSA) is 51.2 Å². The van der Waals surface area contributed by atoms with Crippen LogP contribution in [0.4, 0.5) is 18.0 Å². The number of nitrogens with one attached hydrogen (secondary N) is 1. The molecule has 88 valence electrons. The Morgan fingerprint density at radius 1 is 1.56 bits per heavy atom. The predicted molar refractivity (Wildman–Crippen MR) is 49.3 cm³/mol. The molecule has 1 rings (SSSR count).